The van der Waals surface area contributed by atoms with Crippen LogP contribution in [0, 0.1) is 5.41 Å². The van der Waals surface area contributed by atoms with Crippen LogP contribution in [0.5, 0.6) is 5.75 Å². The Balaban J connectivity index is 2.56. The fourth-order valence-electron chi connectivity index (χ4n) is 2.21. The first-order valence-corrected chi connectivity index (χ1v) is 9.49. The SMILES string of the molecule is CCOc1ccc(N(C(=O)C(C)(C)C)S(=O)(=O)c2ccccc2)cc1. The molecule has 0 bridgehead atoms. The third kappa shape index (κ3) is 4.20. The highest BCUT2D eigenvalue weighted by atomic mass is 32.2. The predicted octanol–water partition coefficient (Wildman–Crippen LogP) is 3.85. The second kappa shape index (κ2) is 7.27. The normalized spacial score (nSPS) is 11.8. The Morgan fingerprint density at radius 2 is 1.56 bits per heavy atom. The minimum absolute atomic E-state index is 0.0708. The maximum absolute atomic E-state index is 13.1. The lowest BCUT2D eigenvalue weighted by atomic mass is 9.95. The molecule has 134 valence electrons. The Bertz CT molecular complexity index is 822. The van der Waals surface area contributed by atoms with E-state index < -0.39 is 21.3 Å². The maximum atomic E-state index is 13.1. The number of nitrogens with zero attached hydrogens (tertiary/aromatic N) is 1. The number of anilines is 1. The lowest BCUT2D eigenvalue weighted by molar-refractivity contribution is -0.124. The average Bonchev–Trinajstić information content (AvgIpc) is 2.56. The van der Waals surface area contributed by atoms with Crippen molar-refractivity contribution in [3.63, 3.8) is 0 Å². The van der Waals surface area contributed by atoms with E-state index in [1.54, 1.807) is 63.2 Å². The minimum atomic E-state index is -4.02. The summed E-state index contributed by atoms with van der Waals surface area (Å²) in [5.41, 5.74) is -0.576. The molecule has 1 amide bonds. The lowest BCUT2D eigenvalue weighted by Gasteiger charge is -2.29. The number of carbonyl (C=O) groups is 1. The van der Waals surface area contributed by atoms with Crippen LogP contribution in [-0.2, 0) is 14.8 Å². The standard InChI is InChI=1S/C19H23NO4S/c1-5-24-16-13-11-15(12-14-16)20(18(21)19(2,3)4)25(22,23)17-9-7-6-8-10-17/h6-14H,5H2,1-4H3. The van der Waals surface area contributed by atoms with Crippen LogP contribution in [0.15, 0.2) is 59.5 Å². The van der Waals surface area contributed by atoms with Gasteiger partial charge in [-0.1, -0.05) is 39.0 Å². The van der Waals surface area contributed by atoms with Crippen LogP contribution < -0.4 is 9.04 Å². The van der Waals surface area contributed by atoms with Crippen LogP contribution in [0.25, 0.3) is 0 Å². The molecule has 0 aliphatic heterocycles. The van der Waals surface area contributed by atoms with Gasteiger partial charge in [0.15, 0.2) is 0 Å². The Morgan fingerprint density at radius 3 is 2.04 bits per heavy atom. The van der Waals surface area contributed by atoms with Gasteiger partial charge >= 0.3 is 0 Å². The van der Waals surface area contributed by atoms with E-state index >= 15 is 0 Å². The van der Waals surface area contributed by atoms with Gasteiger partial charge in [-0.05, 0) is 43.3 Å². The molecule has 0 unspecified atom stereocenters. The number of amides is 1. The van der Waals surface area contributed by atoms with Crippen molar-refractivity contribution in [1.29, 1.82) is 0 Å². The largest absolute Gasteiger partial charge is 0.494 e. The lowest BCUT2D eigenvalue weighted by Crippen LogP contribution is -2.43. The molecule has 6 heteroatoms. The molecule has 0 aliphatic rings. The first-order valence-electron chi connectivity index (χ1n) is 8.05. The van der Waals surface area contributed by atoms with Gasteiger partial charge in [0.2, 0.25) is 5.91 Å². The number of carbonyl (C=O) groups excluding carboxylic acids is 1. The van der Waals surface area contributed by atoms with Gasteiger partial charge in [-0.15, -0.1) is 0 Å². The van der Waals surface area contributed by atoms with Gasteiger partial charge in [-0.25, -0.2) is 12.7 Å². The summed E-state index contributed by atoms with van der Waals surface area (Å²) in [5.74, 6) is 0.118. The smallest absolute Gasteiger partial charge is 0.270 e. The first-order chi connectivity index (χ1) is 11.7. The Hall–Kier alpha value is -2.34. The van der Waals surface area contributed by atoms with E-state index in [1.165, 1.54) is 12.1 Å². The zero-order chi connectivity index (χ0) is 18.7. The Kier molecular flexibility index (Phi) is 5.52. The molecule has 5 nitrogen and oxygen atoms in total. The number of ether oxygens (including phenoxy) is 1. The van der Waals surface area contributed by atoms with Crippen molar-refractivity contribution < 1.29 is 17.9 Å². The molecule has 0 saturated carbocycles. The highest BCUT2D eigenvalue weighted by molar-refractivity contribution is 7.93. The molecule has 0 saturated heterocycles. The second-order valence-corrected chi connectivity index (χ2v) is 8.35. The van der Waals surface area contributed by atoms with E-state index in [-0.39, 0.29) is 10.6 Å². The molecule has 0 aliphatic carbocycles. The van der Waals surface area contributed by atoms with E-state index in [9.17, 15) is 13.2 Å². The molecule has 2 rings (SSSR count). The zero-order valence-corrected chi connectivity index (χ0v) is 15.7. The molecule has 0 aromatic heterocycles. The van der Waals surface area contributed by atoms with E-state index in [2.05, 4.69) is 0 Å². The van der Waals surface area contributed by atoms with Gasteiger partial charge in [0.25, 0.3) is 10.0 Å². The number of hydrogen-bond donors (Lipinski definition) is 0. The molecule has 2 aromatic rings. The number of hydrogen-bond acceptors (Lipinski definition) is 4. The second-order valence-electron chi connectivity index (χ2n) is 6.56. The topological polar surface area (TPSA) is 63.7 Å². The van der Waals surface area contributed by atoms with Crippen molar-refractivity contribution in [2.45, 2.75) is 32.6 Å². The highest BCUT2D eigenvalue weighted by Gasteiger charge is 2.37. The first kappa shape index (κ1) is 19.0. The zero-order valence-electron chi connectivity index (χ0n) is 14.9. The maximum Gasteiger partial charge on any atom is 0.270 e. The number of sulfonamides is 1. The van der Waals surface area contributed by atoms with Gasteiger partial charge in [-0.2, -0.15) is 0 Å². The van der Waals surface area contributed by atoms with Crippen molar-refractivity contribution in [2.24, 2.45) is 5.41 Å². The van der Waals surface area contributed by atoms with E-state index in [4.69, 9.17) is 4.74 Å². The number of rotatable bonds is 5. The van der Waals surface area contributed by atoms with Gasteiger partial charge in [0, 0.05) is 5.41 Å². The van der Waals surface area contributed by atoms with Crippen molar-refractivity contribution in [3.8, 4) is 5.75 Å². The molecular weight excluding hydrogens is 338 g/mol. The molecule has 0 atom stereocenters. The molecule has 0 spiro atoms. The quantitative estimate of drug-likeness (QED) is 0.811. The van der Waals surface area contributed by atoms with Crippen molar-refractivity contribution in [1.82, 2.24) is 0 Å². The summed E-state index contributed by atoms with van der Waals surface area (Å²) in [4.78, 5) is 13.0. The molecule has 0 fully saturated rings. The third-order valence-electron chi connectivity index (χ3n) is 3.49. The van der Waals surface area contributed by atoms with Crippen LogP contribution in [0.1, 0.15) is 27.7 Å². The molecule has 0 N–H and O–H groups in total. The summed E-state index contributed by atoms with van der Waals surface area (Å²) in [7, 11) is -4.02. The summed E-state index contributed by atoms with van der Waals surface area (Å²) in [6.45, 7) is 7.45. The fraction of sp³-hybridized carbons (Fsp3) is 0.316. The van der Waals surface area contributed by atoms with Crippen LogP contribution in [0.2, 0.25) is 0 Å². The Labute approximate surface area is 149 Å². The van der Waals surface area contributed by atoms with Crippen LogP contribution in [-0.4, -0.2) is 20.9 Å². The summed E-state index contributed by atoms with van der Waals surface area (Å²) in [6.07, 6.45) is 0. The van der Waals surface area contributed by atoms with E-state index in [0.717, 1.165) is 4.31 Å². The predicted molar refractivity (Wildman–Crippen MR) is 98.2 cm³/mol. The average molecular weight is 361 g/mol. The molecular formula is C19H23NO4S. The summed E-state index contributed by atoms with van der Waals surface area (Å²) in [5, 5.41) is 0. The van der Waals surface area contributed by atoms with Gasteiger partial charge in [0.05, 0.1) is 17.2 Å². The van der Waals surface area contributed by atoms with E-state index in [0.29, 0.717) is 12.4 Å². The summed E-state index contributed by atoms with van der Waals surface area (Å²) in [6, 6.07) is 14.4. The molecule has 25 heavy (non-hydrogen) atoms. The monoisotopic (exact) mass is 361 g/mol. The summed E-state index contributed by atoms with van der Waals surface area (Å²) >= 11 is 0. The van der Waals surface area contributed by atoms with Gasteiger partial charge in [-0.3, -0.25) is 4.79 Å². The number of benzene rings is 2. The highest BCUT2D eigenvalue weighted by Crippen LogP contribution is 2.30. The fourth-order valence-corrected chi connectivity index (χ4v) is 3.82. The van der Waals surface area contributed by atoms with Gasteiger partial charge < -0.3 is 4.74 Å². The minimum Gasteiger partial charge on any atom is -0.494 e. The molecule has 2 aromatic carbocycles. The third-order valence-corrected chi connectivity index (χ3v) is 5.21. The van der Waals surface area contributed by atoms with Crippen molar-refractivity contribution >= 4 is 21.6 Å². The van der Waals surface area contributed by atoms with Crippen LogP contribution in [0.4, 0.5) is 5.69 Å². The molecule has 0 radical (unpaired) electrons. The van der Waals surface area contributed by atoms with Gasteiger partial charge in [0.1, 0.15) is 5.75 Å². The van der Waals surface area contributed by atoms with Crippen LogP contribution in [0.3, 0.4) is 0 Å². The van der Waals surface area contributed by atoms with Crippen LogP contribution >= 0.6 is 0 Å². The molecule has 0 heterocycles. The summed E-state index contributed by atoms with van der Waals surface area (Å²) < 4.78 is 32.5. The Morgan fingerprint density at radius 1 is 1.00 bits per heavy atom. The van der Waals surface area contributed by atoms with E-state index in [1.807, 2.05) is 6.92 Å². The van der Waals surface area contributed by atoms with Crippen molar-refractivity contribution in [2.75, 3.05) is 10.9 Å². The van der Waals surface area contributed by atoms with Crippen molar-refractivity contribution in [3.05, 3.63) is 54.6 Å².